The topological polar surface area (TPSA) is 91.6 Å². The summed E-state index contributed by atoms with van der Waals surface area (Å²) in [6, 6.07) is 12.1. The van der Waals surface area contributed by atoms with Gasteiger partial charge in [0.25, 0.3) is 0 Å². The van der Waals surface area contributed by atoms with Crippen molar-refractivity contribution in [2.45, 2.75) is 25.8 Å². The number of carbonyl (C=O) groups excluding carboxylic acids is 2. The SMILES string of the molecule is Cc1ccccc1-c1noc(CN2CCN(C(=O)[C@H]3CC(=O)Nc4cc(F)ccc43)CC2)n1. The van der Waals surface area contributed by atoms with Crippen molar-refractivity contribution < 1.29 is 18.5 Å². The van der Waals surface area contributed by atoms with Crippen LogP contribution in [0.1, 0.15) is 29.4 Å². The Bertz CT molecular complexity index is 1200. The largest absolute Gasteiger partial charge is 0.340 e. The van der Waals surface area contributed by atoms with E-state index in [1.807, 2.05) is 31.2 Å². The predicted octanol–water partition coefficient (Wildman–Crippen LogP) is 2.95. The van der Waals surface area contributed by atoms with Crippen molar-refractivity contribution in [2.75, 3.05) is 31.5 Å². The lowest BCUT2D eigenvalue weighted by Gasteiger charge is -2.37. The second-order valence-corrected chi connectivity index (χ2v) is 8.46. The molecule has 3 heterocycles. The molecule has 5 rings (SSSR count). The summed E-state index contributed by atoms with van der Waals surface area (Å²) >= 11 is 0. The highest BCUT2D eigenvalue weighted by Crippen LogP contribution is 2.34. The summed E-state index contributed by atoms with van der Waals surface area (Å²) in [6.45, 7) is 4.89. The van der Waals surface area contributed by atoms with Gasteiger partial charge in [0.1, 0.15) is 5.82 Å². The fourth-order valence-corrected chi connectivity index (χ4v) is 4.45. The summed E-state index contributed by atoms with van der Waals surface area (Å²) in [5.41, 5.74) is 3.07. The minimum Gasteiger partial charge on any atom is -0.340 e. The number of hydrogen-bond acceptors (Lipinski definition) is 6. The molecule has 9 heteroatoms. The lowest BCUT2D eigenvalue weighted by molar-refractivity contribution is -0.136. The van der Waals surface area contributed by atoms with Crippen LogP contribution in [0.2, 0.25) is 0 Å². The number of rotatable bonds is 4. The van der Waals surface area contributed by atoms with Crippen molar-refractivity contribution in [3.05, 3.63) is 65.3 Å². The number of benzene rings is 2. The Morgan fingerprint density at radius 2 is 1.97 bits per heavy atom. The van der Waals surface area contributed by atoms with Gasteiger partial charge in [0.05, 0.1) is 12.5 Å². The highest BCUT2D eigenvalue weighted by molar-refractivity contribution is 6.01. The van der Waals surface area contributed by atoms with Gasteiger partial charge in [-0.1, -0.05) is 35.5 Å². The maximum absolute atomic E-state index is 13.6. The number of fused-ring (bicyclic) bond motifs is 1. The number of amides is 2. The van der Waals surface area contributed by atoms with E-state index in [-0.39, 0.29) is 18.2 Å². The molecule has 1 fully saturated rings. The summed E-state index contributed by atoms with van der Waals surface area (Å²) in [5, 5.41) is 6.77. The number of piperazine rings is 1. The molecule has 2 aliphatic heterocycles. The van der Waals surface area contributed by atoms with E-state index >= 15 is 0 Å². The molecule has 33 heavy (non-hydrogen) atoms. The Morgan fingerprint density at radius 1 is 1.18 bits per heavy atom. The Balaban J connectivity index is 1.21. The van der Waals surface area contributed by atoms with Crippen molar-refractivity contribution in [3.8, 4) is 11.4 Å². The van der Waals surface area contributed by atoms with E-state index < -0.39 is 11.7 Å². The zero-order valence-electron chi connectivity index (χ0n) is 18.3. The third kappa shape index (κ3) is 4.36. The molecule has 0 aliphatic carbocycles. The van der Waals surface area contributed by atoms with E-state index in [1.54, 1.807) is 11.0 Å². The van der Waals surface area contributed by atoms with Crippen LogP contribution in [0.5, 0.6) is 0 Å². The zero-order valence-corrected chi connectivity index (χ0v) is 18.3. The van der Waals surface area contributed by atoms with Crippen LogP contribution in [-0.2, 0) is 16.1 Å². The molecule has 1 N–H and O–H groups in total. The molecule has 0 bridgehead atoms. The van der Waals surface area contributed by atoms with Gasteiger partial charge in [0.2, 0.25) is 23.5 Å². The van der Waals surface area contributed by atoms with E-state index in [0.717, 1.165) is 11.1 Å². The zero-order chi connectivity index (χ0) is 22.9. The average Bonchev–Trinajstić information content (AvgIpc) is 3.26. The average molecular weight is 449 g/mol. The molecule has 2 amide bonds. The maximum Gasteiger partial charge on any atom is 0.241 e. The quantitative estimate of drug-likeness (QED) is 0.659. The van der Waals surface area contributed by atoms with Crippen molar-refractivity contribution in [2.24, 2.45) is 0 Å². The molecule has 2 aromatic carbocycles. The summed E-state index contributed by atoms with van der Waals surface area (Å²) in [7, 11) is 0. The molecule has 0 saturated carbocycles. The van der Waals surface area contributed by atoms with E-state index in [2.05, 4.69) is 20.4 Å². The van der Waals surface area contributed by atoms with E-state index in [4.69, 9.17) is 4.52 Å². The first kappa shape index (κ1) is 21.3. The highest BCUT2D eigenvalue weighted by atomic mass is 19.1. The molecule has 0 unspecified atom stereocenters. The minimum absolute atomic E-state index is 0.0708. The number of aryl methyl sites for hydroxylation is 1. The fraction of sp³-hybridized carbons (Fsp3) is 0.333. The molecular formula is C24H24FN5O3. The molecule has 1 atom stereocenters. The van der Waals surface area contributed by atoms with Crippen molar-refractivity contribution in [1.29, 1.82) is 0 Å². The van der Waals surface area contributed by atoms with Crippen LogP contribution in [0.25, 0.3) is 11.4 Å². The predicted molar refractivity (Wildman–Crippen MR) is 119 cm³/mol. The molecular weight excluding hydrogens is 425 g/mol. The van der Waals surface area contributed by atoms with Gasteiger partial charge < -0.3 is 14.7 Å². The van der Waals surface area contributed by atoms with Gasteiger partial charge >= 0.3 is 0 Å². The maximum atomic E-state index is 13.6. The number of halogens is 1. The number of hydrogen-bond donors (Lipinski definition) is 1. The Hall–Kier alpha value is -3.59. The van der Waals surface area contributed by atoms with Gasteiger partial charge in [0.15, 0.2) is 0 Å². The monoisotopic (exact) mass is 449 g/mol. The van der Waals surface area contributed by atoms with Crippen LogP contribution in [0.4, 0.5) is 10.1 Å². The third-order valence-electron chi connectivity index (χ3n) is 6.25. The normalized spacial score (nSPS) is 18.7. The van der Waals surface area contributed by atoms with Gasteiger partial charge in [-0.3, -0.25) is 14.5 Å². The Morgan fingerprint density at radius 3 is 2.76 bits per heavy atom. The van der Waals surface area contributed by atoms with Gasteiger partial charge in [-0.2, -0.15) is 4.98 Å². The van der Waals surface area contributed by atoms with Gasteiger partial charge in [0, 0.05) is 43.9 Å². The summed E-state index contributed by atoms with van der Waals surface area (Å²) in [4.78, 5) is 33.7. The van der Waals surface area contributed by atoms with Gasteiger partial charge in [-0.25, -0.2) is 4.39 Å². The second kappa shape index (κ2) is 8.74. The molecule has 8 nitrogen and oxygen atoms in total. The smallest absolute Gasteiger partial charge is 0.241 e. The first-order valence-electron chi connectivity index (χ1n) is 11.0. The van der Waals surface area contributed by atoms with E-state index in [0.29, 0.717) is 55.7 Å². The minimum atomic E-state index is -0.589. The van der Waals surface area contributed by atoms with Crippen LogP contribution >= 0.6 is 0 Å². The summed E-state index contributed by atoms with van der Waals surface area (Å²) in [5.74, 6) is -0.297. The summed E-state index contributed by atoms with van der Waals surface area (Å²) in [6.07, 6.45) is 0.0708. The van der Waals surface area contributed by atoms with Crippen LogP contribution in [-0.4, -0.2) is 57.9 Å². The van der Waals surface area contributed by atoms with Crippen molar-refractivity contribution >= 4 is 17.5 Å². The lowest BCUT2D eigenvalue weighted by Crippen LogP contribution is -2.50. The fourth-order valence-electron chi connectivity index (χ4n) is 4.45. The number of nitrogens with one attached hydrogen (secondary N) is 1. The van der Waals surface area contributed by atoms with Crippen LogP contribution in [0.3, 0.4) is 0 Å². The number of nitrogens with zero attached hydrogens (tertiary/aromatic N) is 4. The van der Waals surface area contributed by atoms with Crippen LogP contribution in [0.15, 0.2) is 47.0 Å². The van der Waals surface area contributed by atoms with E-state index in [1.165, 1.54) is 12.1 Å². The molecule has 1 saturated heterocycles. The van der Waals surface area contributed by atoms with Gasteiger partial charge in [-0.15, -0.1) is 0 Å². The number of aromatic nitrogens is 2. The third-order valence-corrected chi connectivity index (χ3v) is 6.25. The Labute approximate surface area is 190 Å². The molecule has 170 valence electrons. The molecule has 2 aliphatic rings. The first-order chi connectivity index (χ1) is 16.0. The van der Waals surface area contributed by atoms with Crippen molar-refractivity contribution in [3.63, 3.8) is 0 Å². The first-order valence-corrected chi connectivity index (χ1v) is 11.0. The standard InChI is InChI=1S/C24H24FN5O3/c1-15-4-2-3-5-17(15)23-27-22(33-28-23)14-29-8-10-30(11-9-29)24(32)19-13-21(31)26-20-12-16(25)6-7-18(19)20/h2-7,12,19H,8-11,13-14H2,1H3,(H,26,31)/t19-/m0/s1. The Kier molecular flexibility index (Phi) is 5.63. The summed E-state index contributed by atoms with van der Waals surface area (Å²) < 4.78 is 19.0. The highest BCUT2D eigenvalue weighted by Gasteiger charge is 2.35. The molecule has 3 aromatic rings. The van der Waals surface area contributed by atoms with Crippen molar-refractivity contribution in [1.82, 2.24) is 19.9 Å². The molecule has 1 aromatic heterocycles. The second-order valence-electron chi connectivity index (χ2n) is 8.46. The molecule has 0 radical (unpaired) electrons. The van der Waals surface area contributed by atoms with Crippen LogP contribution < -0.4 is 5.32 Å². The van der Waals surface area contributed by atoms with Gasteiger partial charge in [-0.05, 0) is 30.2 Å². The molecule has 0 spiro atoms. The van der Waals surface area contributed by atoms with E-state index in [9.17, 15) is 14.0 Å². The number of carbonyl (C=O) groups is 2. The van der Waals surface area contributed by atoms with Crippen LogP contribution in [0, 0.1) is 12.7 Å². The number of anilines is 1. The lowest BCUT2D eigenvalue weighted by atomic mass is 9.89.